The fraction of sp³-hybridized carbons (Fsp3) is 0.0741. The lowest BCUT2D eigenvalue weighted by Crippen LogP contribution is -1.98. The van der Waals surface area contributed by atoms with Gasteiger partial charge in [-0.25, -0.2) is 9.97 Å². The summed E-state index contributed by atoms with van der Waals surface area (Å²) >= 11 is 0. The third-order valence-electron chi connectivity index (χ3n) is 6.96. The summed E-state index contributed by atoms with van der Waals surface area (Å²) < 4.78 is 2.24. The van der Waals surface area contributed by atoms with Crippen molar-refractivity contribution in [3.8, 4) is 22.4 Å². The second-order valence-electron chi connectivity index (χ2n) is 8.47. The first-order chi connectivity index (χ1) is 15.4. The minimum Gasteiger partial charge on any atom is -0.274 e. The molecule has 0 saturated heterocycles. The summed E-state index contributed by atoms with van der Waals surface area (Å²) in [5.41, 5.74) is 13.4. The molecule has 0 spiro atoms. The number of pyridine rings is 3. The van der Waals surface area contributed by atoms with Crippen LogP contribution in [0.1, 0.15) is 22.4 Å². The summed E-state index contributed by atoms with van der Waals surface area (Å²) in [5.74, 6) is 0. The molecule has 0 bridgehead atoms. The average Bonchev–Trinajstić information content (AvgIpc) is 3.48. The highest BCUT2D eigenvalue weighted by molar-refractivity contribution is 6.10. The molecule has 0 saturated carbocycles. The van der Waals surface area contributed by atoms with Crippen LogP contribution in [0.25, 0.3) is 50.0 Å². The van der Waals surface area contributed by atoms with Gasteiger partial charge in [0.25, 0.3) is 0 Å². The Balaban J connectivity index is 1.49. The molecule has 0 unspecified atom stereocenters. The molecular formula is C27H16N4. The van der Waals surface area contributed by atoms with E-state index in [9.17, 15) is 0 Å². The van der Waals surface area contributed by atoms with Crippen molar-refractivity contribution in [1.29, 1.82) is 0 Å². The fourth-order valence-corrected chi connectivity index (χ4v) is 5.68. The Kier molecular flexibility index (Phi) is 2.72. The van der Waals surface area contributed by atoms with Crippen LogP contribution in [0.15, 0.2) is 73.1 Å². The molecule has 2 aromatic carbocycles. The molecular weight excluding hydrogens is 380 g/mol. The Morgan fingerprint density at radius 3 is 2.42 bits per heavy atom. The van der Waals surface area contributed by atoms with E-state index < -0.39 is 0 Å². The van der Waals surface area contributed by atoms with Gasteiger partial charge in [0.1, 0.15) is 11.2 Å². The van der Waals surface area contributed by atoms with Gasteiger partial charge >= 0.3 is 0 Å². The van der Waals surface area contributed by atoms with Crippen LogP contribution in [0, 0.1) is 0 Å². The molecule has 6 aromatic rings. The monoisotopic (exact) mass is 396 g/mol. The van der Waals surface area contributed by atoms with Gasteiger partial charge in [0.15, 0.2) is 5.65 Å². The van der Waals surface area contributed by atoms with Gasteiger partial charge in [0.2, 0.25) is 0 Å². The van der Waals surface area contributed by atoms with E-state index in [-0.39, 0.29) is 0 Å². The number of nitrogens with zero attached hydrogens (tertiary/aromatic N) is 4. The van der Waals surface area contributed by atoms with Gasteiger partial charge in [-0.1, -0.05) is 42.5 Å². The highest BCUT2D eigenvalue weighted by Gasteiger charge is 2.32. The normalized spacial score (nSPS) is 13.5. The maximum atomic E-state index is 5.12. The molecule has 2 aliphatic carbocycles. The van der Waals surface area contributed by atoms with E-state index in [2.05, 4.69) is 52.9 Å². The Morgan fingerprint density at radius 2 is 1.45 bits per heavy atom. The van der Waals surface area contributed by atoms with Crippen LogP contribution in [0.3, 0.4) is 0 Å². The number of hydrogen-bond donors (Lipinski definition) is 0. The third-order valence-corrected chi connectivity index (χ3v) is 6.96. The molecule has 4 heteroatoms. The van der Waals surface area contributed by atoms with Crippen LogP contribution in [0.2, 0.25) is 0 Å². The summed E-state index contributed by atoms with van der Waals surface area (Å²) in [6, 6.07) is 21.6. The smallest absolute Gasteiger partial charge is 0.165 e. The summed E-state index contributed by atoms with van der Waals surface area (Å²) in [6.07, 6.45) is 5.59. The molecule has 0 N–H and O–H groups in total. The predicted octanol–water partition coefficient (Wildman–Crippen LogP) is 5.57. The van der Waals surface area contributed by atoms with Crippen LogP contribution in [-0.2, 0) is 12.8 Å². The van der Waals surface area contributed by atoms with Crippen LogP contribution >= 0.6 is 0 Å². The van der Waals surface area contributed by atoms with E-state index in [1.54, 1.807) is 0 Å². The lowest BCUT2D eigenvalue weighted by Gasteiger charge is -2.11. The molecule has 0 fully saturated rings. The highest BCUT2D eigenvalue weighted by Crippen LogP contribution is 2.47. The average molecular weight is 396 g/mol. The predicted molar refractivity (Wildman–Crippen MR) is 122 cm³/mol. The molecule has 0 amide bonds. The number of rotatable bonds is 0. The minimum atomic E-state index is 0.867. The zero-order valence-corrected chi connectivity index (χ0v) is 16.6. The minimum absolute atomic E-state index is 0.867. The Bertz CT molecular complexity index is 1740. The fourth-order valence-electron chi connectivity index (χ4n) is 5.68. The quantitative estimate of drug-likeness (QED) is 0.315. The lowest BCUT2D eigenvalue weighted by atomic mass is 9.97. The number of aromatic nitrogens is 4. The van der Waals surface area contributed by atoms with Crippen LogP contribution < -0.4 is 0 Å². The van der Waals surface area contributed by atoms with E-state index >= 15 is 0 Å². The van der Waals surface area contributed by atoms with Gasteiger partial charge < -0.3 is 0 Å². The molecule has 8 rings (SSSR count). The highest BCUT2D eigenvalue weighted by atomic mass is 15.1. The van der Waals surface area contributed by atoms with Gasteiger partial charge in [-0.05, 0) is 52.4 Å². The van der Waals surface area contributed by atoms with Crippen LogP contribution in [0.4, 0.5) is 0 Å². The molecule has 4 nitrogen and oxygen atoms in total. The van der Waals surface area contributed by atoms with E-state index in [4.69, 9.17) is 15.0 Å². The molecule has 144 valence electrons. The second kappa shape index (κ2) is 5.35. The van der Waals surface area contributed by atoms with Gasteiger partial charge in [-0.3, -0.25) is 9.38 Å². The SMILES string of the molecule is c1ccc2c(c1)Cc1c-2ccc2c1Cc1nc3c4ncccc4c4cccnc4n3c1-2. The first-order valence-corrected chi connectivity index (χ1v) is 10.6. The lowest BCUT2D eigenvalue weighted by molar-refractivity contribution is 1.12. The number of fused-ring (bicyclic) bond motifs is 14. The van der Waals surface area contributed by atoms with Crippen molar-refractivity contribution in [2.75, 3.05) is 0 Å². The molecule has 0 aliphatic heterocycles. The standard InChI is InChI=1S/C27H16N4/c1-2-6-16-15(5-1)13-21-17(16)9-10-19-22(21)14-23-25(19)31-26-20(8-4-12-29-26)18-7-3-11-28-24(18)27(31)30-23/h1-12H,13-14H2. The zero-order valence-electron chi connectivity index (χ0n) is 16.6. The summed E-state index contributed by atoms with van der Waals surface area (Å²) in [7, 11) is 0. The first-order valence-electron chi connectivity index (χ1n) is 10.6. The first kappa shape index (κ1) is 15.7. The maximum Gasteiger partial charge on any atom is 0.165 e. The van der Waals surface area contributed by atoms with E-state index in [1.807, 2.05) is 24.5 Å². The Labute approximate surface area is 177 Å². The van der Waals surface area contributed by atoms with Crippen molar-refractivity contribution in [2.45, 2.75) is 12.8 Å². The number of imidazole rings is 1. The van der Waals surface area contributed by atoms with E-state index in [0.717, 1.165) is 46.1 Å². The van der Waals surface area contributed by atoms with Gasteiger partial charge in [-0.2, -0.15) is 0 Å². The summed E-state index contributed by atoms with van der Waals surface area (Å²) in [5, 5.41) is 2.21. The molecule has 0 atom stereocenters. The van der Waals surface area contributed by atoms with E-state index in [1.165, 1.54) is 39.1 Å². The van der Waals surface area contributed by atoms with Crippen LogP contribution in [0.5, 0.6) is 0 Å². The molecule has 31 heavy (non-hydrogen) atoms. The van der Waals surface area contributed by atoms with Crippen molar-refractivity contribution in [3.63, 3.8) is 0 Å². The molecule has 0 radical (unpaired) electrons. The number of hydrogen-bond acceptors (Lipinski definition) is 3. The van der Waals surface area contributed by atoms with Crippen molar-refractivity contribution < 1.29 is 0 Å². The van der Waals surface area contributed by atoms with Crippen LogP contribution in [-0.4, -0.2) is 19.4 Å². The Morgan fingerprint density at radius 1 is 0.645 bits per heavy atom. The topological polar surface area (TPSA) is 43.1 Å². The van der Waals surface area contributed by atoms with Gasteiger partial charge in [0.05, 0.1) is 11.4 Å². The third kappa shape index (κ3) is 1.84. The van der Waals surface area contributed by atoms with Gasteiger partial charge in [-0.15, -0.1) is 0 Å². The van der Waals surface area contributed by atoms with Crippen molar-refractivity contribution in [2.24, 2.45) is 0 Å². The maximum absolute atomic E-state index is 5.12. The van der Waals surface area contributed by atoms with Crippen molar-refractivity contribution in [3.05, 3.63) is 95.4 Å². The van der Waals surface area contributed by atoms with Gasteiger partial charge in [0, 0.05) is 35.2 Å². The molecule has 2 aliphatic rings. The van der Waals surface area contributed by atoms with Crippen molar-refractivity contribution >= 4 is 27.6 Å². The Hall–Kier alpha value is -4.05. The van der Waals surface area contributed by atoms with Crippen molar-refractivity contribution in [1.82, 2.24) is 19.4 Å². The largest absolute Gasteiger partial charge is 0.274 e. The second-order valence-corrected chi connectivity index (χ2v) is 8.47. The summed E-state index contributed by atoms with van der Waals surface area (Å²) in [4.78, 5) is 14.6. The van der Waals surface area contributed by atoms with E-state index in [0.29, 0.717) is 0 Å². The molecule has 4 aromatic heterocycles. The molecule has 4 heterocycles. The number of benzene rings is 2. The summed E-state index contributed by atoms with van der Waals surface area (Å²) in [6.45, 7) is 0. The zero-order chi connectivity index (χ0) is 20.1.